The van der Waals surface area contributed by atoms with Gasteiger partial charge < -0.3 is 14.6 Å². The van der Waals surface area contributed by atoms with Crippen molar-refractivity contribution < 1.29 is 19.0 Å². The fraction of sp³-hybridized carbons (Fsp3) is 0.429. The lowest BCUT2D eigenvalue weighted by Crippen LogP contribution is -2.23. The van der Waals surface area contributed by atoms with Crippen LogP contribution in [0, 0.1) is 11.2 Å². The summed E-state index contributed by atoms with van der Waals surface area (Å²) in [6, 6.07) is 10.3. The smallest absolute Gasteiger partial charge is 0.131 e. The van der Waals surface area contributed by atoms with Crippen molar-refractivity contribution in [3.8, 4) is 16.9 Å². The van der Waals surface area contributed by atoms with Gasteiger partial charge in [-0.25, -0.2) is 4.39 Å². The minimum atomic E-state index is -0.317. The summed E-state index contributed by atoms with van der Waals surface area (Å²) in [6.07, 6.45) is 0.666. The lowest BCUT2D eigenvalue weighted by molar-refractivity contribution is 0.00321. The van der Waals surface area contributed by atoms with Gasteiger partial charge >= 0.3 is 0 Å². The molecule has 0 aliphatic rings. The van der Waals surface area contributed by atoms with Crippen LogP contribution in [0.5, 0.6) is 5.75 Å². The molecule has 0 fully saturated rings. The molecule has 0 saturated carbocycles. The summed E-state index contributed by atoms with van der Waals surface area (Å²) >= 11 is 0. The Morgan fingerprint density at radius 1 is 1.08 bits per heavy atom. The van der Waals surface area contributed by atoms with E-state index >= 15 is 0 Å². The second-order valence-electron chi connectivity index (χ2n) is 6.88. The summed E-state index contributed by atoms with van der Waals surface area (Å²) in [5.74, 6) is 0.278. The number of aliphatic hydroxyl groups is 1. The number of ether oxygens (including phenoxy) is 2. The van der Waals surface area contributed by atoms with Gasteiger partial charge in [-0.1, -0.05) is 39.0 Å². The van der Waals surface area contributed by atoms with Gasteiger partial charge in [-0.15, -0.1) is 0 Å². The molecule has 0 aliphatic heterocycles. The van der Waals surface area contributed by atoms with E-state index in [4.69, 9.17) is 9.47 Å². The normalized spacial score (nSPS) is 12.9. The fourth-order valence-electron chi connectivity index (χ4n) is 3.06. The summed E-state index contributed by atoms with van der Waals surface area (Å²) < 4.78 is 25.6. The quantitative estimate of drug-likeness (QED) is 0.756. The van der Waals surface area contributed by atoms with E-state index in [0.29, 0.717) is 11.3 Å². The standard InChI is InChI=1S/C21H27FO3/c1-6-21(2,3)20(25-5)18-11-14(13-23)7-9-16(18)17-12-15(24-4)8-10-19(17)22/h7-12,20,23H,6,13H2,1-5H3/t20-/m0/s1. The van der Waals surface area contributed by atoms with Gasteiger partial charge in [-0.05, 0) is 46.7 Å². The molecule has 1 N–H and O–H groups in total. The minimum Gasteiger partial charge on any atom is -0.497 e. The Labute approximate surface area is 149 Å². The van der Waals surface area contributed by atoms with Crippen LogP contribution >= 0.6 is 0 Å². The number of hydrogen-bond acceptors (Lipinski definition) is 3. The first-order valence-electron chi connectivity index (χ1n) is 8.48. The SMILES string of the molecule is CCC(C)(C)[C@@H](OC)c1cc(CO)ccc1-c1cc(OC)ccc1F. The third-order valence-corrected chi connectivity index (χ3v) is 4.90. The molecule has 136 valence electrons. The molecule has 4 heteroatoms. The van der Waals surface area contributed by atoms with Crippen LogP contribution in [0.15, 0.2) is 36.4 Å². The lowest BCUT2D eigenvalue weighted by atomic mass is 9.77. The third kappa shape index (κ3) is 4.02. The predicted molar refractivity (Wildman–Crippen MR) is 98.1 cm³/mol. The predicted octanol–water partition coefficient (Wildman–Crippen LogP) is 5.12. The number of rotatable bonds is 7. The van der Waals surface area contributed by atoms with Crippen molar-refractivity contribution in [1.82, 2.24) is 0 Å². The van der Waals surface area contributed by atoms with Crippen LogP contribution in [-0.4, -0.2) is 19.3 Å². The second kappa shape index (κ2) is 7.98. The zero-order chi connectivity index (χ0) is 18.6. The average Bonchev–Trinajstić information content (AvgIpc) is 2.62. The molecule has 2 rings (SSSR count). The van der Waals surface area contributed by atoms with E-state index < -0.39 is 0 Å². The summed E-state index contributed by atoms with van der Waals surface area (Å²) in [4.78, 5) is 0. The van der Waals surface area contributed by atoms with Crippen LogP contribution in [-0.2, 0) is 11.3 Å². The summed E-state index contributed by atoms with van der Waals surface area (Å²) in [7, 11) is 3.23. The van der Waals surface area contributed by atoms with Crippen molar-refractivity contribution >= 4 is 0 Å². The zero-order valence-electron chi connectivity index (χ0n) is 15.6. The molecule has 0 amide bonds. The van der Waals surface area contributed by atoms with Crippen molar-refractivity contribution in [3.05, 3.63) is 53.3 Å². The van der Waals surface area contributed by atoms with E-state index in [-0.39, 0.29) is 23.9 Å². The van der Waals surface area contributed by atoms with Crippen molar-refractivity contribution in [2.45, 2.75) is 39.9 Å². The highest BCUT2D eigenvalue weighted by molar-refractivity contribution is 5.70. The van der Waals surface area contributed by atoms with Gasteiger partial charge in [-0.2, -0.15) is 0 Å². The molecule has 2 aromatic carbocycles. The van der Waals surface area contributed by atoms with Crippen LogP contribution in [0.25, 0.3) is 11.1 Å². The maximum Gasteiger partial charge on any atom is 0.131 e. The van der Waals surface area contributed by atoms with E-state index in [1.165, 1.54) is 6.07 Å². The Kier molecular flexibility index (Phi) is 6.20. The molecule has 0 bridgehead atoms. The molecular weight excluding hydrogens is 319 g/mol. The average molecular weight is 346 g/mol. The van der Waals surface area contributed by atoms with Crippen LogP contribution in [0.4, 0.5) is 4.39 Å². The maximum atomic E-state index is 14.6. The molecule has 0 radical (unpaired) electrons. The lowest BCUT2D eigenvalue weighted by Gasteiger charge is -2.34. The number of methoxy groups -OCH3 is 2. The Morgan fingerprint density at radius 2 is 1.80 bits per heavy atom. The van der Waals surface area contributed by atoms with E-state index in [0.717, 1.165) is 23.1 Å². The molecule has 25 heavy (non-hydrogen) atoms. The van der Waals surface area contributed by atoms with Crippen molar-refractivity contribution in [2.24, 2.45) is 5.41 Å². The van der Waals surface area contributed by atoms with Crippen molar-refractivity contribution in [3.63, 3.8) is 0 Å². The van der Waals surface area contributed by atoms with E-state index in [1.54, 1.807) is 26.4 Å². The van der Waals surface area contributed by atoms with Gasteiger partial charge in [0, 0.05) is 12.7 Å². The first-order chi connectivity index (χ1) is 11.9. The molecule has 3 nitrogen and oxygen atoms in total. The zero-order valence-corrected chi connectivity index (χ0v) is 15.6. The Bertz CT molecular complexity index is 725. The van der Waals surface area contributed by atoms with E-state index in [2.05, 4.69) is 20.8 Å². The summed E-state index contributed by atoms with van der Waals surface area (Å²) in [5.41, 5.74) is 2.71. The highest BCUT2D eigenvalue weighted by atomic mass is 19.1. The third-order valence-electron chi connectivity index (χ3n) is 4.90. The summed E-state index contributed by atoms with van der Waals surface area (Å²) in [6.45, 7) is 6.28. The number of halogens is 1. The Hall–Kier alpha value is -1.91. The molecule has 0 aromatic heterocycles. The van der Waals surface area contributed by atoms with E-state index in [1.807, 2.05) is 18.2 Å². The first-order valence-corrected chi connectivity index (χ1v) is 8.48. The Balaban J connectivity index is 2.71. The molecule has 0 heterocycles. The number of hydrogen-bond donors (Lipinski definition) is 1. The molecular formula is C21H27FO3. The highest BCUT2D eigenvalue weighted by Crippen LogP contribution is 2.43. The maximum absolute atomic E-state index is 14.6. The molecule has 0 spiro atoms. The molecule has 1 atom stereocenters. The van der Waals surface area contributed by atoms with Gasteiger partial charge in [0.2, 0.25) is 0 Å². The number of aliphatic hydroxyl groups excluding tert-OH is 1. The van der Waals surface area contributed by atoms with Crippen LogP contribution in [0.1, 0.15) is 44.4 Å². The van der Waals surface area contributed by atoms with Crippen molar-refractivity contribution in [2.75, 3.05) is 14.2 Å². The van der Waals surface area contributed by atoms with Crippen LogP contribution in [0.2, 0.25) is 0 Å². The fourth-order valence-corrected chi connectivity index (χ4v) is 3.06. The molecule has 0 saturated heterocycles. The number of benzene rings is 2. The molecule has 0 aliphatic carbocycles. The van der Waals surface area contributed by atoms with Gasteiger partial charge in [-0.3, -0.25) is 0 Å². The minimum absolute atomic E-state index is 0.0726. The molecule has 2 aromatic rings. The van der Waals surface area contributed by atoms with Gasteiger partial charge in [0.15, 0.2) is 0 Å². The van der Waals surface area contributed by atoms with Crippen molar-refractivity contribution in [1.29, 1.82) is 0 Å². The summed E-state index contributed by atoms with van der Waals surface area (Å²) in [5, 5.41) is 9.54. The van der Waals surface area contributed by atoms with Crippen LogP contribution < -0.4 is 4.74 Å². The molecule has 0 unspecified atom stereocenters. The van der Waals surface area contributed by atoms with Gasteiger partial charge in [0.05, 0.1) is 19.8 Å². The second-order valence-corrected chi connectivity index (χ2v) is 6.88. The van der Waals surface area contributed by atoms with Gasteiger partial charge in [0.25, 0.3) is 0 Å². The largest absolute Gasteiger partial charge is 0.497 e. The monoisotopic (exact) mass is 346 g/mol. The topological polar surface area (TPSA) is 38.7 Å². The Morgan fingerprint density at radius 3 is 2.36 bits per heavy atom. The highest BCUT2D eigenvalue weighted by Gasteiger charge is 2.31. The first kappa shape index (κ1) is 19.4. The van der Waals surface area contributed by atoms with Crippen LogP contribution in [0.3, 0.4) is 0 Å². The van der Waals surface area contributed by atoms with E-state index in [9.17, 15) is 9.50 Å². The van der Waals surface area contributed by atoms with Gasteiger partial charge in [0.1, 0.15) is 11.6 Å².